The summed E-state index contributed by atoms with van der Waals surface area (Å²) < 4.78 is 0. The monoisotopic (exact) mass is 233 g/mol. The first-order valence-corrected chi connectivity index (χ1v) is 6.67. The molecule has 0 amide bonds. The van der Waals surface area contributed by atoms with Gasteiger partial charge in [-0.15, -0.1) is 0 Å². The zero-order valence-corrected chi connectivity index (χ0v) is 10.9. The fourth-order valence-electron chi connectivity index (χ4n) is 2.73. The number of pyridine rings is 1. The molecule has 94 valence electrons. The van der Waals surface area contributed by atoms with E-state index in [4.69, 9.17) is 5.73 Å². The molecule has 17 heavy (non-hydrogen) atoms. The predicted molar refractivity (Wildman–Crippen MR) is 73.0 cm³/mol. The summed E-state index contributed by atoms with van der Waals surface area (Å²) in [5.41, 5.74) is 7.60. The van der Waals surface area contributed by atoms with E-state index in [9.17, 15) is 0 Å². The van der Waals surface area contributed by atoms with Crippen molar-refractivity contribution in [2.75, 3.05) is 11.1 Å². The van der Waals surface area contributed by atoms with E-state index in [1.54, 1.807) is 6.20 Å². The second-order valence-electron chi connectivity index (χ2n) is 5.22. The highest BCUT2D eigenvalue weighted by molar-refractivity contribution is 5.51. The highest BCUT2D eigenvalue weighted by Gasteiger charge is 2.21. The van der Waals surface area contributed by atoms with Gasteiger partial charge in [-0.3, -0.25) is 0 Å². The molecule has 2 atom stereocenters. The minimum absolute atomic E-state index is 0.587. The van der Waals surface area contributed by atoms with Crippen LogP contribution in [-0.2, 0) is 0 Å². The van der Waals surface area contributed by atoms with Crippen molar-refractivity contribution in [2.45, 2.75) is 52.0 Å². The van der Waals surface area contributed by atoms with Crippen LogP contribution in [-0.4, -0.2) is 11.0 Å². The molecule has 0 aliphatic heterocycles. The van der Waals surface area contributed by atoms with Gasteiger partial charge < -0.3 is 11.1 Å². The Bertz CT molecular complexity index is 376. The molecule has 0 spiro atoms. The topological polar surface area (TPSA) is 50.9 Å². The molecule has 0 aromatic carbocycles. The Morgan fingerprint density at radius 2 is 2.29 bits per heavy atom. The van der Waals surface area contributed by atoms with E-state index >= 15 is 0 Å². The van der Waals surface area contributed by atoms with Gasteiger partial charge in [-0.25, -0.2) is 4.98 Å². The van der Waals surface area contributed by atoms with Gasteiger partial charge in [-0.1, -0.05) is 26.2 Å². The summed E-state index contributed by atoms with van der Waals surface area (Å²) in [7, 11) is 0. The molecule has 1 saturated carbocycles. The molecular weight excluding hydrogens is 210 g/mol. The van der Waals surface area contributed by atoms with Crippen molar-refractivity contribution in [3.8, 4) is 0 Å². The number of nitrogens with one attached hydrogen (secondary N) is 1. The maximum atomic E-state index is 5.71. The molecule has 0 bridgehead atoms. The van der Waals surface area contributed by atoms with Crippen LogP contribution in [0, 0.1) is 12.8 Å². The van der Waals surface area contributed by atoms with Crippen LogP contribution in [0.3, 0.4) is 0 Å². The van der Waals surface area contributed by atoms with Crippen LogP contribution in [0.4, 0.5) is 11.5 Å². The molecule has 0 radical (unpaired) electrons. The number of hydrogen-bond donors (Lipinski definition) is 2. The van der Waals surface area contributed by atoms with E-state index in [-0.39, 0.29) is 0 Å². The van der Waals surface area contributed by atoms with Crippen LogP contribution in [0.2, 0.25) is 0 Å². The van der Waals surface area contributed by atoms with Gasteiger partial charge in [0.2, 0.25) is 0 Å². The summed E-state index contributed by atoms with van der Waals surface area (Å²) in [6.07, 6.45) is 8.30. The lowest BCUT2D eigenvalue weighted by molar-refractivity contribution is 0.327. The van der Waals surface area contributed by atoms with Gasteiger partial charge in [-0.05, 0) is 37.3 Å². The van der Waals surface area contributed by atoms with Crippen molar-refractivity contribution in [2.24, 2.45) is 5.92 Å². The molecule has 2 rings (SSSR count). The lowest BCUT2D eigenvalue weighted by Crippen LogP contribution is -2.27. The third-order valence-corrected chi connectivity index (χ3v) is 3.80. The Morgan fingerprint density at radius 3 is 3.00 bits per heavy atom. The van der Waals surface area contributed by atoms with Crippen LogP contribution in [0.1, 0.15) is 44.6 Å². The van der Waals surface area contributed by atoms with Gasteiger partial charge in [0, 0.05) is 6.04 Å². The van der Waals surface area contributed by atoms with Crippen LogP contribution < -0.4 is 11.1 Å². The second-order valence-corrected chi connectivity index (χ2v) is 5.22. The zero-order valence-electron chi connectivity index (χ0n) is 10.9. The number of nitrogen functional groups attached to an aromatic ring is 1. The molecule has 1 aliphatic rings. The molecule has 1 heterocycles. The van der Waals surface area contributed by atoms with Crippen molar-refractivity contribution >= 4 is 11.5 Å². The molecule has 3 heteroatoms. The number of aryl methyl sites for hydroxylation is 1. The Labute approximate surface area is 104 Å². The summed E-state index contributed by atoms with van der Waals surface area (Å²) in [4.78, 5) is 4.39. The molecule has 1 aromatic rings. The molecule has 1 aromatic heterocycles. The summed E-state index contributed by atoms with van der Waals surface area (Å²) in [6, 6.07) is 2.57. The van der Waals surface area contributed by atoms with Gasteiger partial charge in [0.05, 0.1) is 11.9 Å². The minimum atomic E-state index is 0.587. The molecular formula is C14H23N3. The lowest BCUT2D eigenvalue weighted by Gasteiger charge is -2.29. The Balaban J connectivity index is 2.00. The summed E-state index contributed by atoms with van der Waals surface area (Å²) in [6.45, 7) is 4.35. The fourth-order valence-corrected chi connectivity index (χ4v) is 2.73. The highest BCUT2D eigenvalue weighted by Crippen LogP contribution is 2.29. The number of anilines is 2. The number of hydrogen-bond acceptors (Lipinski definition) is 3. The average Bonchev–Trinajstić information content (AvgIpc) is 2.33. The SMILES string of the molecule is CCC1CCCC(Nc2ncc(N)cc2C)C1. The van der Waals surface area contributed by atoms with Gasteiger partial charge in [0.1, 0.15) is 5.82 Å². The van der Waals surface area contributed by atoms with Crippen molar-refractivity contribution < 1.29 is 0 Å². The van der Waals surface area contributed by atoms with Crippen LogP contribution in [0.5, 0.6) is 0 Å². The molecule has 0 saturated heterocycles. The van der Waals surface area contributed by atoms with Crippen molar-refractivity contribution in [1.82, 2.24) is 4.98 Å². The Hall–Kier alpha value is -1.25. The predicted octanol–water partition coefficient (Wildman–Crippen LogP) is 3.35. The molecule has 3 nitrogen and oxygen atoms in total. The van der Waals surface area contributed by atoms with Crippen molar-refractivity contribution in [3.63, 3.8) is 0 Å². The first kappa shape index (κ1) is 12.2. The average molecular weight is 233 g/mol. The third-order valence-electron chi connectivity index (χ3n) is 3.80. The van der Waals surface area contributed by atoms with Crippen molar-refractivity contribution in [3.05, 3.63) is 17.8 Å². The second kappa shape index (κ2) is 5.39. The quantitative estimate of drug-likeness (QED) is 0.841. The number of rotatable bonds is 3. The molecule has 1 fully saturated rings. The molecule has 1 aliphatic carbocycles. The van der Waals surface area contributed by atoms with Gasteiger partial charge >= 0.3 is 0 Å². The maximum Gasteiger partial charge on any atom is 0.129 e. The van der Waals surface area contributed by atoms with E-state index in [0.29, 0.717) is 6.04 Å². The van der Waals surface area contributed by atoms with E-state index in [2.05, 4.69) is 24.1 Å². The van der Waals surface area contributed by atoms with E-state index in [1.807, 2.05) is 6.07 Å². The molecule has 3 N–H and O–H groups in total. The third kappa shape index (κ3) is 3.11. The molecule has 2 unspecified atom stereocenters. The number of nitrogens with two attached hydrogens (primary N) is 1. The smallest absolute Gasteiger partial charge is 0.129 e. The summed E-state index contributed by atoms with van der Waals surface area (Å²) >= 11 is 0. The first-order valence-electron chi connectivity index (χ1n) is 6.67. The van der Waals surface area contributed by atoms with E-state index < -0.39 is 0 Å². The summed E-state index contributed by atoms with van der Waals surface area (Å²) in [5.74, 6) is 1.89. The van der Waals surface area contributed by atoms with E-state index in [0.717, 1.165) is 23.0 Å². The first-order chi connectivity index (χ1) is 8.19. The highest BCUT2D eigenvalue weighted by atomic mass is 15.0. The van der Waals surface area contributed by atoms with Crippen LogP contribution in [0.15, 0.2) is 12.3 Å². The van der Waals surface area contributed by atoms with Gasteiger partial charge in [0.25, 0.3) is 0 Å². The normalized spacial score (nSPS) is 24.6. The fraction of sp³-hybridized carbons (Fsp3) is 0.643. The van der Waals surface area contributed by atoms with Gasteiger partial charge in [-0.2, -0.15) is 0 Å². The van der Waals surface area contributed by atoms with Gasteiger partial charge in [0.15, 0.2) is 0 Å². The van der Waals surface area contributed by atoms with Crippen LogP contribution in [0.25, 0.3) is 0 Å². The largest absolute Gasteiger partial charge is 0.397 e. The standard InChI is InChI=1S/C14H23N3/c1-3-11-5-4-6-13(8-11)17-14-10(2)7-12(15)9-16-14/h7,9,11,13H,3-6,8,15H2,1-2H3,(H,16,17). The zero-order chi connectivity index (χ0) is 12.3. The number of aromatic nitrogens is 1. The maximum absolute atomic E-state index is 5.71. The van der Waals surface area contributed by atoms with Crippen molar-refractivity contribution in [1.29, 1.82) is 0 Å². The lowest BCUT2D eigenvalue weighted by atomic mass is 9.84. The Morgan fingerprint density at radius 1 is 1.47 bits per heavy atom. The number of nitrogens with zero attached hydrogens (tertiary/aromatic N) is 1. The van der Waals surface area contributed by atoms with E-state index in [1.165, 1.54) is 32.1 Å². The summed E-state index contributed by atoms with van der Waals surface area (Å²) in [5, 5.41) is 3.57. The Kier molecular flexibility index (Phi) is 3.87. The van der Waals surface area contributed by atoms with Crippen LogP contribution >= 0.6 is 0 Å². The minimum Gasteiger partial charge on any atom is -0.397 e.